The minimum absolute atomic E-state index is 0.0521. The zero-order valence-electron chi connectivity index (χ0n) is 17.6. The van der Waals surface area contributed by atoms with Gasteiger partial charge in [-0.25, -0.2) is 4.39 Å². The monoisotopic (exact) mass is 467 g/mol. The van der Waals surface area contributed by atoms with Crippen LogP contribution in [0.1, 0.15) is 22.5 Å². The van der Waals surface area contributed by atoms with Crippen molar-refractivity contribution >= 4 is 52.5 Å². The van der Waals surface area contributed by atoms with Crippen LogP contribution in [0.2, 0.25) is 5.02 Å². The molecular weight excluding hydrogens is 449 g/mol. The third kappa shape index (κ3) is 3.85. The summed E-state index contributed by atoms with van der Waals surface area (Å²) in [7, 11) is 0. The van der Waals surface area contributed by atoms with Crippen LogP contribution >= 0.6 is 23.8 Å². The molecule has 3 aromatic rings. The van der Waals surface area contributed by atoms with Crippen molar-refractivity contribution in [2.75, 3.05) is 4.90 Å². The zero-order valence-corrected chi connectivity index (χ0v) is 19.1. The van der Waals surface area contributed by atoms with Gasteiger partial charge in [0.05, 0.1) is 5.69 Å². The van der Waals surface area contributed by atoms with E-state index in [-0.39, 0.29) is 10.7 Å². The number of hydrogen-bond donors (Lipinski definition) is 1. The van der Waals surface area contributed by atoms with Crippen LogP contribution < -0.4 is 10.2 Å². The van der Waals surface area contributed by atoms with E-state index in [1.165, 1.54) is 29.2 Å². The Balaban J connectivity index is 1.78. The summed E-state index contributed by atoms with van der Waals surface area (Å²) in [6.07, 6.45) is 1.55. The molecule has 0 atom stereocenters. The molecule has 0 radical (unpaired) electrons. The summed E-state index contributed by atoms with van der Waals surface area (Å²) in [6, 6.07) is 12.9. The SMILES string of the molecule is Cc1ccc(Cl)cc1-n1c(C)cc(C=C2C(=O)NC(=S)N(c3ccc(F)cc3)C2=O)c1C. The molecule has 1 aliphatic rings. The molecule has 0 spiro atoms. The number of benzene rings is 2. The molecule has 1 aliphatic heterocycles. The number of carbonyl (C=O) groups is 2. The van der Waals surface area contributed by atoms with Gasteiger partial charge in [-0.1, -0.05) is 17.7 Å². The van der Waals surface area contributed by atoms with Gasteiger partial charge in [-0.3, -0.25) is 19.8 Å². The van der Waals surface area contributed by atoms with Crippen molar-refractivity contribution in [2.24, 2.45) is 0 Å². The number of hydrogen-bond acceptors (Lipinski definition) is 3. The van der Waals surface area contributed by atoms with Gasteiger partial charge in [-0.15, -0.1) is 0 Å². The molecule has 1 aromatic heterocycles. The Morgan fingerprint density at radius 2 is 1.72 bits per heavy atom. The number of halogens is 2. The Morgan fingerprint density at radius 3 is 2.41 bits per heavy atom. The Kier molecular flexibility index (Phi) is 5.71. The van der Waals surface area contributed by atoms with E-state index < -0.39 is 17.6 Å². The Morgan fingerprint density at radius 1 is 1.03 bits per heavy atom. The molecule has 5 nitrogen and oxygen atoms in total. The highest BCUT2D eigenvalue weighted by atomic mass is 35.5. The fraction of sp³-hybridized carbons (Fsp3) is 0.125. The molecule has 162 valence electrons. The predicted molar refractivity (Wildman–Crippen MR) is 128 cm³/mol. The van der Waals surface area contributed by atoms with E-state index in [1.807, 2.05) is 49.6 Å². The molecule has 2 aromatic carbocycles. The molecule has 8 heteroatoms. The van der Waals surface area contributed by atoms with E-state index >= 15 is 0 Å². The zero-order chi connectivity index (χ0) is 23.2. The average molecular weight is 468 g/mol. The largest absolute Gasteiger partial charge is 0.318 e. The normalized spacial score (nSPS) is 15.5. The number of amides is 2. The van der Waals surface area contributed by atoms with Crippen LogP contribution in [0.15, 0.2) is 54.1 Å². The second kappa shape index (κ2) is 8.33. The van der Waals surface area contributed by atoms with E-state index in [9.17, 15) is 14.0 Å². The molecule has 0 saturated carbocycles. The minimum Gasteiger partial charge on any atom is -0.318 e. The topological polar surface area (TPSA) is 54.3 Å². The molecule has 0 aliphatic carbocycles. The first kappa shape index (κ1) is 21.9. The van der Waals surface area contributed by atoms with Gasteiger partial charge in [0.25, 0.3) is 11.8 Å². The van der Waals surface area contributed by atoms with Gasteiger partial charge in [0.2, 0.25) is 0 Å². The van der Waals surface area contributed by atoms with Crippen LogP contribution in [0.3, 0.4) is 0 Å². The van der Waals surface area contributed by atoms with Crippen molar-refractivity contribution in [1.29, 1.82) is 0 Å². The number of nitrogens with zero attached hydrogens (tertiary/aromatic N) is 2. The van der Waals surface area contributed by atoms with Gasteiger partial charge in [0.1, 0.15) is 11.4 Å². The van der Waals surface area contributed by atoms with Gasteiger partial charge in [0, 0.05) is 22.1 Å². The van der Waals surface area contributed by atoms with Crippen LogP contribution in [-0.4, -0.2) is 21.5 Å². The summed E-state index contributed by atoms with van der Waals surface area (Å²) in [5.74, 6) is -1.59. The maximum atomic E-state index is 13.3. The van der Waals surface area contributed by atoms with E-state index in [4.69, 9.17) is 23.8 Å². The first-order valence-corrected chi connectivity index (χ1v) is 10.6. The summed E-state index contributed by atoms with van der Waals surface area (Å²) in [6.45, 7) is 5.84. The van der Waals surface area contributed by atoms with Crippen LogP contribution in [-0.2, 0) is 9.59 Å². The summed E-state index contributed by atoms with van der Waals surface area (Å²) in [5, 5.41) is 3.11. The smallest absolute Gasteiger partial charge is 0.270 e. The van der Waals surface area contributed by atoms with Crippen molar-refractivity contribution in [1.82, 2.24) is 9.88 Å². The second-order valence-electron chi connectivity index (χ2n) is 7.53. The van der Waals surface area contributed by atoms with Gasteiger partial charge >= 0.3 is 0 Å². The number of thiocarbonyl (C=S) groups is 1. The summed E-state index contributed by atoms with van der Waals surface area (Å²) in [5.41, 5.74) is 4.75. The first-order chi connectivity index (χ1) is 15.2. The van der Waals surface area contributed by atoms with Gasteiger partial charge in [-0.2, -0.15) is 0 Å². The van der Waals surface area contributed by atoms with Crippen LogP contribution in [0.25, 0.3) is 11.8 Å². The lowest BCUT2D eigenvalue weighted by Crippen LogP contribution is -2.54. The number of rotatable bonds is 3. The standard InChI is InChI=1S/C24H19ClFN3O2S/c1-13-4-5-17(25)12-21(13)28-14(2)10-16(15(28)3)11-20-22(30)27-24(32)29(23(20)31)19-8-6-18(26)7-9-19/h4-12H,1-3H3,(H,27,30,32). The summed E-state index contributed by atoms with van der Waals surface area (Å²) in [4.78, 5) is 27.0. The molecule has 0 unspecified atom stereocenters. The quantitative estimate of drug-likeness (QED) is 0.334. The summed E-state index contributed by atoms with van der Waals surface area (Å²) >= 11 is 11.4. The number of aryl methyl sites for hydroxylation is 2. The maximum absolute atomic E-state index is 13.3. The molecular formula is C24H19ClFN3O2S. The van der Waals surface area contributed by atoms with Crippen molar-refractivity contribution in [3.8, 4) is 5.69 Å². The highest BCUT2D eigenvalue weighted by molar-refractivity contribution is 7.80. The van der Waals surface area contributed by atoms with Crippen molar-refractivity contribution in [3.63, 3.8) is 0 Å². The molecule has 2 heterocycles. The van der Waals surface area contributed by atoms with E-state index in [0.717, 1.165) is 22.6 Å². The number of anilines is 1. The fourth-order valence-electron chi connectivity index (χ4n) is 3.77. The van der Waals surface area contributed by atoms with Gasteiger partial charge in [-0.05, 0) is 92.7 Å². The van der Waals surface area contributed by atoms with Crippen LogP contribution in [0, 0.1) is 26.6 Å². The average Bonchev–Trinajstić information content (AvgIpc) is 3.01. The highest BCUT2D eigenvalue weighted by Crippen LogP contribution is 2.28. The number of nitrogens with one attached hydrogen (secondary N) is 1. The van der Waals surface area contributed by atoms with Crippen molar-refractivity contribution in [2.45, 2.75) is 20.8 Å². The molecule has 1 saturated heterocycles. The fourth-order valence-corrected chi connectivity index (χ4v) is 4.21. The Bertz CT molecular complexity index is 1310. The third-order valence-corrected chi connectivity index (χ3v) is 5.89. The molecule has 1 fully saturated rings. The molecule has 32 heavy (non-hydrogen) atoms. The van der Waals surface area contributed by atoms with Crippen molar-refractivity contribution < 1.29 is 14.0 Å². The lowest BCUT2D eigenvalue weighted by atomic mass is 10.1. The van der Waals surface area contributed by atoms with Crippen LogP contribution in [0.4, 0.5) is 10.1 Å². The van der Waals surface area contributed by atoms with Gasteiger partial charge in [0.15, 0.2) is 5.11 Å². The highest BCUT2D eigenvalue weighted by Gasteiger charge is 2.34. The lowest BCUT2D eigenvalue weighted by Gasteiger charge is -2.28. The summed E-state index contributed by atoms with van der Waals surface area (Å²) < 4.78 is 15.4. The van der Waals surface area contributed by atoms with Gasteiger partial charge < -0.3 is 4.57 Å². The first-order valence-electron chi connectivity index (χ1n) is 9.80. The number of carbonyl (C=O) groups excluding carboxylic acids is 2. The molecule has 2 amide bonds. The second-order valence-corrected chi connectivity index (χ2v) is 8.35. The lowest BCUT2D eigenvalue weighted by molar-refractivity contribution is -0.122. The van der Waals surface area contributed by atoms with Crippen molar-refractivity contribution in [3.05, 3.63) is 87.5 Å². The third-order valence-electron chi connectivity index (χ3n) is 5.37. The molecule has 0 bridgehead atoms. The Labute approximate surface area is 195 Å². The Hall–Kier alpha value is -3.29. The number of aromatic nitrogens is 1. The molecule has 4 rings (SSSR count). The molecule has 1 N–H and O–H groups in total. The minimum atomic E-state index is -0.581. The van der Waals surface area contributed by atoms with Crippen LogP contribution in [0.5, 0.6) is 0 Å². The van der Waals surface area contributed by atoms with E-state index in [0.29, 0.717) is 16.3 Å². The predicted octanol–water partition coefficient (Wildman–Crippen LogP) is 5.03. The maximum Gasteiger partial charge on any atom is 0.270 e. The van der Waals surface area contributed by atoms with E-state index in [1.54, 1.807) is 6.08 Å². The van der Waals surface area contributed by atoms with E-state index in [2.05, 4.69) is 5.32 Å².